The molecule has 0 atom stereocenters. The van der Waals surface area contributed by atoms with Crippen molar-refractivity contribution in [2.24, 2.45) is 0 Å². The molecule has 0 spiro atoms. The van der Waals surface area contributed by atoms with Crippen LogP contribution in [0.2, 0.25) is 0 Å². The van der Waals surface area contributed by atoms with E-state index >= 15 is 0 Å². The molecule has 1 saturated heterocycles. The van der Waals surface area contributed by atoms with Crippen LogP contribution in [0.4, 0.5) is 0 Å². The van der Waals surface area contributed by atoms with Crippen molar-refractivity contribution in [3.05, 3.63) is 64.8 Å². The first-order valence-electron chi connectivity index (χ1n) is 13.1. The SMILES string of the molecule is O=C(OCC(=O)N1CCCCCC1)c1c2c(nc3ccccc13)C(=Cc1ccc3c(c1)OCO3)CCC2. The van der Waals surface area contributed by atoms with Crippen LogP contribution in [-0.4, -0.2) is 48.2 Å². The van der Waals surface area contributed by atoms with Gasteiger partial charge in [-0.2, -0.15) is 0 Å². The second-order valence-electron chi connectivity index (χ2n) is 9.84. The molecule has 3 aliphatic rings. The Kier molecular flexibility index (Phi) is 6.51. The third kappa shape index (κ3) is 4.78. The lowest BCUT2D eigenvalue weighted by Gasteiger charge is -2.23. The molecule has 6 rings (SSSR count). The van der Waals surface area contributed by atoms with E-state index in [9.17, 15) is 9.59 Å². The number of likely N-dealkylation sites (tertiary alicyclic amines) is 1. The maximum absolute atomic E-state index is 13.5. The number of carbonyl (C=O) groups excluding carboxylic acids is 2. The number of carbonyl (C=O) groups is 2. The molecule has 0 N–H and O–H groups in total. The molecular weight excluding hydrogens is 468 g/mol. The highest BCUT2D eigenvalue weighted by molar-refractivity contribution is 6.07. The summed E-state index contributed by atoms with van der Waals surface area (Å²) in [4.78, 5) is 33.1. The first-order valence-corrected chi connectivity index (χ1v) is 13.1. The number of rotatable bonds is 4. The number of hydrogen-bond donors (Lipinski definition) is 0. The highest BCUT2D eigenvalue weighted by atomic mass is 16.7. The number of pyridine rings is 1. The van der Waals surface area contributed by atoms with Gasteiger partial charge in [0, 0.05) is 18.5 Å². The van der Waals surface area contributed by atoms with E-state index in [1.807, 2.05) is 47.4 Å². The standard InChI is InChI=1S/C30H30N2O5/c33-27(32-14-5-1-2-6-15-32)18-35-30(34)28-22-9-3-4-11-24(22)31-29-21(8-7-10-23(28)29)16-20-12-13-25-26(17-20)37-19-36-25/h3-4,9,11-13,16-17H,1-2,5-8,10,14-15,18-19H2. The number of amides is 1. The highest BCUT2D eigenvalue weighted by Crippen LogP contribution is 2.38. The van der Waals surface area contributed by atoms with Crippen LogP contribution in [0.25, 0.3) is 22.6 Å². The van der Waals surface area contributed by atoms with Gasteiger partial charge in [0.1, 0.15) is 0 Å². The Morgan fingerprint density at radius 3 is 2.62 bits per heavy atom. The van der Waals surface area contributed by atoms with Crippen LogP contribution >= 0.6 is 0 Å². The first-order chi connectivity index (χ1) is 18.2. The summed E-state index contributed by atoms with van der Waals surface area (Å²) in [5.74, 6) is 0.901. The summed E-state index contributed by atoms with van der Waals surface area (Å²) >= 11 is 0. The van der Waals surface area contributed by atoms with Crippen molar-refractivity contribution in [3.63, 3.8) is 0 Å². The molecule has 2 aromatic carbocycles. The second-order valence-corrected chi connectivity index (χ2v) is 9.84. The van der Waals surface area contributed by atoms with Crippen molar-refractivity contribution in [3.8, 4) is 11.5 Å². The van der Waals surface area contributed by atoms with Gasteiger partial charge in [0.15, 0.2) is 18.1 Å². The van der Waals surface area contributed by atoms with E-state index in [0.717, 1.165) is 103 Å². The van der Waals surface area contributed by atoms with Gasteiger partial charge in [-0.15, -0.1) is 0 Å². The van der Waals surface area contributed by atoms with E-state index in [0.29, 0.717) is 5.56 Å². The number of para-hydroxylation sites is 1. The second kappa shape index (κ2) is 10.2. The number of fused-ring (bicyclic) bond motifs is 3. The summed E-state index contributed by atoms with van der Waals surface area (Å²) in [7, 11) is 0. The average Bonchev–Trinajstić information content (AvgIpc) is 3.22. The normalized spacial score (nSPS) is 17.9. The molecule has 3 aromatic rings. The predicted molar refractivity (Wildman–Crippen MR) is 140 cm³/mol. The van der Waals surface area contributed by atoms with Gasteiger partial charge in [0.2, 0.25) is 6.79 Å². The maximum atomic E-state index is 13.5. The molecule has 1 amide bonds. The molecule has 7 nitrogen and oxygen atoms in total. The molecule has 3 heterocycles. The van der Waals surface area contributed by atoms with Crippen LogP contribution in [0.15, 0.2) is 42.5 Å². The van der Waals surface area contributed by atoms with Gasteiger partial charge in [0.05, 0.1) is 16.8 Å². The molecule has 0 bridgehead atoms. The molecule has 1 aliphatic carbocycles. The largest absolute Gasteiger partial charge is 0.454 e. The van der Waals surface area contributed by atoms with E-state index in [1.165, 1.54) is 0 Å². The van der Waals surface area contributed by atoms with E-state index in [2.05, 4.69) is 6.08 Å². The monoisotopic (exact) mass is 498 g/mol. The molecular formula is C30H30N2O5. The van der Waals surface area contributed by atoms with Gasteiger partial charge in [-0.1, -0.05) is 37.1 Å². The summed E-state index contributed by atoms with van der Waals surface area (Å²) in [6.07, 6.45) is 8.88. The Morgan fingerprint density at radius 2 is 1.76 bits per heavy atom. The lowest BCUT2D eigenvalue weighted by Crippen LogP contribution is -2.35. The van der Waals surface area contributed by atoms with Crippen molar-refractivity contribution in [2.75, 3.05) is 26.5 Å². The number of nitrogens with zero attached hydrogens (tertiary/aromatic N) is 2. The van der Waals surface area contributed by atoms with Crippen LogP contribution in [0, 0.1) is 0 Å². The summed E-state index contributed by atoms with van der Waals surface area (Å²) in [6, 6.07) is 13.5. The predicted octanol–water partition coefficient (Wildman–Crippen LogP) is 5.40. The highest BCUT2D eigenvalue weighted by Gasteiger charge is 2.27. The molecule has 0 saturated carbocycles. The summed E-state index contributed by atoms with van der Waals surface area (Å²) in [5.41, 5.74) is 5.05. The van der Waals surface area contributed by atoms with Crippen LogP contribution < -0.4 is 9.47 Å². The molecule has 1 fully saturated rings. The third-order valence-electron chi connectivity index (χ3n) is 7.40. The minimum absolute atomic E-state index is 0.120. The lowest BCUT2D eigenvalue weighted by molar-refractivity contribution is -0.134. The van der Waals surface area contributed by atoms with Crippen molar-refractivity contribution >= 4 is 34.4 Å². The Bertz CT molecular complexity index is 1390. The number of aromatic nitrogens is 1. The van der Waals surface area contributed by atoms with Crippen molar-refractivity contribution in [1.29, 1.82) is 0 Å². The fourth-order valence-corrected chi connectivity index (χ4v) is 5.52. The lowest BCUT2D eigenvalue weighted by atomic mass is 9.86. The fourth-order valence-electron chi connectivity index (χ4n) is 5.52. The number of benzene rings is 2. The molecule has 1 aromatic heterocycles. The first kappa shape index (κ1) is 23.5. The van der Waals surface area contributed by atoms with E-state index in [4.69, 9.17) is 19.2 Å². The average molecular weight is 499 g/mol. The van der Waals surface area contributed by atoms with Gasteiger partial charge < -0.3 is 19.1 Å². The van der Waals surface area contributed by atoms with Gasteiger partial charge in [-0.05, 0) is 73.1 Å². The zero-order chi connectivity index (χ0) is 25.2. The quantitative estimate of drug-likeness (QED) is 0.448. The smallest absolute Gasteiger partial charge is 0.339 e. The van der Waals surface area contributed by atoms with Gasteiger partial charge in [0.25, 0.3) is 5.91 Å². The van der Waals surface area contributed by atoms with Gasteiger partial charge in [-0.3, -0.25) is 4.79 Å². The van der Waals surface area contributed by atoms with Crippen molar-refractivity contribution < 1.29 is 23.8 Å². The fraction of sp³-hybridized carbons (Fsp3) is 0.367. The molecule has 7 heteroatoms. The van der Waals surface area contributed by atoms with E-state index in [-0.39, 0.29) is 19.3 Å². The van der Waals surface area contributed by atoms with Crippen LogP contribution in [0.1, 0.15) is 65.7 Å². The molecule has 0 radical (unpaired) electrons. The molecule has 2 aliphatic heterocycles. The molecule has 37 heavy (non-hydrogen) atoms. The van der Waals surface area contributed by atoms with Crippen molar-refractivity contribution in [1.82, 2.24) is 9.88 Å². The zero-order valence-electron chi connectivity index (χ0n) is 20.8. The molecule has 0 unspecified atom stereocenters. The summed E-state index contributed by atoms with van der Waals surface area (Å²) in [6.45, 7) is 1.47. The van der Waals surface area contributed by atoms with Gasteiger partial charge in [-0.25, -0.2) is 9.78 Å². The third-order valence-corrected chi connectivity index (χ3v) is 7.40. The van der Waals surface area contributed by atoms with Crippen LogP contribution in [-0.2, 0) is 16.0 Å². The van der Waals surface area contributed by atoms with Crippen molar-refractivity contribution in [2.45, 2.75) is 44.9 Å². The Labute approximate surface area is 216 Å². The number of hydrogen-bond acceptors (Lipinski definition) is 6. The number of allylic oxidation sites excluding steroid dienone is 1. The van der Waals surface area contributed by atoms with E-state index < -0.39 is 5.97 Å². The summed E-state index contributed by atoms with van der Waals surface area (Å²) < 4.78 is 16.6. The Hall–Kier alpha value is -3.87. The Morgan fingerprint density at radius 1 is 0.946 bits per heavy atom. The van der Waals surface area contributed by atoms with Gasteiger partial charge >= 0.3 is 5.97 Å². The molecule has 190 valence electrons. The topological polar surface area (TPSA) is 78.0 Å². The number of ether oxygens (including phenoxy) is 3. The number of esters is 1. The minimum atomic E-state index is -0.456. The minimum Gasteiger partial charge on any atom is -0.454 e. The van der Waals surface area contributed by atoms with Crippen LogP contribution in [0.3, 0.4) is 0 Å². The summed E-state index contributed by atoms with van der Waals surface area (Å²) in [5, 5.41) is 0.762. The Balaban J connectivity index is 1.33. The maximum Gasteiger partial charge on any atom is 0.339 e. The van der Waals surface area contributed by atoms with Crippen LogP contribution in [0.5, 0.6) is 11.5 Å². The van der Waals surface area contributed by atoms with E-state index in [1.54, 1.807) is 0 Å². The zero-order valence-corrected chi connectivity index (χ0v) is 20.8.